The fourth-order valence-electron chi connectivity index (χ4n) is 2.72. The quantitative estimate of drug-likeness (QED) is 0.489. The molecule has 0 fully saturated rings. The van der Waals surface area contributed by atoms with Crippen molar-refractivity contribution in [2.75, 3.05) is 0 Å². The number of rotatable bonds is 2. The van der Waals surface area contributed by atoms with Gasteiger partial charge in [-0.15, -0.1) is 0 Å². The van der Waals surface area contributed by atoms with E-state index in [1.54, 1.807) is 0 Å². The zero-order valence-corrected chi connectivity index (χ0v) is 14.0. The third kappa shape index (κ3) is 3.11. The average molecular weight is 386 g/mol. The van der Waals surface area contributed by atoms with Crippen molar-refractivity contribution in [3.05, 3.63) is 82.5 Å². The fraction of sp³-hybridized carbons (Fsp3) is 0.0526. The minimum absolute atomic E-state index is 0.0558. The number of hydrogen-bond acceptors (Lipinski definition) is 4. The molecule has 4 rings (SSSR count). The van der Waals surface area contributed by atoms with Crippen molar-refractivity contribution in [2.45, 2.75) is 6.18 Å². The summed E-state index contributed by atoms with van der Waals surface area (Å²) >= 11 is 0. The van der Waals surface area contributed by atoms with Gasteiger partial charge in [0.05, 0.1) is 5.39 Å². The number of halogens is 4. The number of fused-ring (bicyclic) bond motifs is 1. The van der Waals surface area contributed by atoms with E-state index in [1.807, 2.05) is 0 Å². The van der Waals surface area contributed by atoms with Crippen LogP contribution in [-0.2, 0) is 6.18 Å². The monoisotopic (exact) mass is 386 g/mol. The van der Waals surface area contributed by atoms with Crippen LogP contribution in [0.25, 0.3) is 28.1 Å². The molecule has 28 heavy (non-hydrogen) atoms. The van der Waals surface area contributed by atoms with E-state index < -0.39 is 23.1 Å². The highest BCUT2D eigenvalue weighted by Crippen LogP contribution is 2.28. The molecule has 0 aliphatic heterocycles. The zero-order chi connectivity index (χ0) is 19.9. The summed E-state index contributed by atoms with van der Waals surface area (Å²) in [5.41, 5.74) is -1.25. The van der Waals surface area contributed by atoms with Crippen molar-refractivity contribution in [1.82, 2.24) is 19.7 Å². The van der Waals surface area contributed by atoms with Crippen LogP contribution in [0.4, 0.5) is 17.6 Å². The van der Waals surface area contributed by atoms with E-state index in [9.17, 15) is 22.4 Å². The third-order valence-electron chi connectivity index (χ3n) is 4.01. The summed E-state index contributed by atoms with van der Waals surface area (Å²) in [6.45, 7) is 0. The van der Waals surface area contributed by atoms with E-state index in [-0.39, 0.29) is 22.5 Å². The van der Waals surface area contributed by atoms with Gasteiger partial charge in [0.1, 0.15) is 17.2 Å². The Bertz CT molecular complexity index is 1230. The highest BCUT2D eigenvalue weighted by Gasteiger charge is 2.32. The maximum atomic E-state index is 13.2. The molecule has 0 N–H and O–H groups in total. The summed E-state index contributed by atoms with van der Waals surface area (Å²) in [4.78, 5) is 20.5. The largest absolute Gasteiger partial charge is 0.433 e. The molecule has 3 aromatic heterocycles. The van der Waals surface area contributed by atoms with Gasteiger partial charge >= 0.3 is 6.18 Å². The standard InChI is InChI=1S/C19H10F4N4O/c20-12-8-6-11(7-9-12)16-17(28)13-3-2-10-24-18(13)27(26-16)15-5-1-4-14(25-15)19(21,22)23/h1-10H. The second-order valence-corrected chi connectivity index (χ2v) is 5.85. The lowest BCUT2D eigenvalue weighted by Gasteiger charge is -2.12. The Hall–Kier alpha value is -3.62. The smallest absolute Gasteiger partial charge is 0.287 e. The molecule has 3 heterocycles. The summed E-state index contributed by atoms with van der Waals surface area (Å²) < 4.78 is 53.5. The minimum atomic E-state index is -4.64. The Morgan fingerprint density at radius 3 is 2.39 bits per heavy atom. The summed E-state index contributed by atoms with van der Waals surface area (Å²) in [5.74, 6) is -0.645. The molecule has 5 nitrogen and oxygen atoms in total. The molecule has 0 unspecified atom stereocenters. The van der Waals surface area contributed by atoms with Gasteiger partial charge in [-0.1, -0.05) is 6.07 Å². The number of pyridine rings is 2. The lowest BCUT2D eigenvalue weighted by Crippen LogP contribution is -2.18. The van der Waals surface area contributed by atoms with Crippen molar-refractivity contribution >= 4 is 11.0 Å². The SMILES string of the molecule is O=c1c(-c2ccc(F)cc2)nn(-c2cccc(C(F)(F)F)n2)c2ncccc12. The molecule has 4 aromatic rings. The summed E-state index contributed by atoms with van der Waals surface area (Å²) in [7, 11) is 0. The first-order chi connectivity index (χ1) is 13.3. The molecule has 0 aliphatic carbocycles. The van der Waals surface area contributed by atoms with Crippen LogP contribution >= 0.6 is 0 Å². The van der Waals surface area contributed by atoms with Gasteiger partial charge in [0.2, 0.25) is 5.43 Å². The van der Waals surface area contributed by atoms with Gasteiger partial charge in [-0.05, 0) is 48.5 Å². The molecule has 0 atom stereocenters. The molecule has 0 radical (unpaired) electrons. The van der Waals surface area contributed by atoms with Gasteiger partial charge in [0, 0.05) is 11.8 Å². The van der Waals surface area contributed by atoms with Crippen LogP contribution in [0.1, 0.15) is 5.69 Å². The number of benzene rings is 1. The molecule has 1 aromatic carbocycles. The third-order valence-corrected chi connectivity index (χ3v) is 4.01. The molecule has 0 spiro atoms. The number of alkyl halides is 3. The predicted octanol–water partition coefficient (Wildman–Crippen LogP) is 4.00. The Labute approximate surface area is 154 Å². The van der Waals surface area contributed by atoms with Crippen LogP contribution in [0, 0.1) is 5.82 Å². The van der Waals surface area contributed by atoms with Crippen molar-refractivity contribution in [3.8, 4) is 17.1 Å². The van der Waals surface area contributed by atoms with Gasteiger partial charge in [-0.3, -0.25) is 4.79 Å². The lowest BCUT2D eigenvalue weighted by atomic mass is 10.1. The van der Waals surface area contributed by atoms with Crippen LogP contribution in [0.15, 0.2) is 65.6 Å². The van der Waals surface area contributed by atoms with Crippen LogP contribution < -0.4 is 5.43 Å². The van der Waals surface area contributed by atoms with Gasteiger partial charge in [0.15, 0.2) is 11.5 Å². The summed E-state index contributed by atoms with van der Waals surface area (Å²) in [6, 6.07) is 11.4. The molecule has 0 saturated carbocycles. The summed E-state index contributed by atoms with van der Waals surface area (Å²) in [6.07, 6.45) is -3.25. The minimum Gasteiger partial charge on any atom is -0.287 e. The number of aromatic nitrogens is 4. The van der Waals surface area contributed by atoms with Crippen molar-refractivity contribution in [3.63, 3.8) is 0 Å². The van der Waals surface area contributed by atoms with E-state index in [2.05, 4.69) is 15.1 Å². The van der Waals surface area contributed by atoms with Gasteiger partial charge in [0.25, 0.3) is 0 Å². The maximum Gasteiger partial charge on any atom is 0.433 e. The van der Waals surface area contributed by atoms with E-state index in [0.29, 0.717) is 5.56 Å². The maximum absolute atomic E-state index is 13.2. The van der Waals surface area contributed by atoms with Crippen LogP contribution in [0.5, 0.6) is 0 Å². The van der Waals surface area contributed by atoms with E-state index in [4.69, 9.17) is 0 Å². The van der Waals surface area contributed by atoms with Crippen molar-refractivity contribution in [1.29, 1.82) is 0 Å². The normalized spacial score (nSPS) is 11.7. The Balaban J connectivity index is 2.02. The topological polar surface area (TPSA) is 60.7 Å². The van der Waals surface area contributed by atoms with Gasteiger partial charge in [-0.2, -0.15) is 23.0 Å². The second-order valence-electron chi connectivity index (χ2n) is 5.85. The Morgan fingerprint density at radius 1 is 0.929 bits per heavy atom. The van der Waals surface area contributed by atoms with Crippen LogP contribution in [-0.4, -0.2) is 19.7 Å². The van der Waals surface area contributed by atoms with Crippen LogP contribution in [0.2, 0.25) is 0 Å². The number of nitrogens with zero attached hydrogens (tertiary/aromatic N) is 4. The van der Waals surface area contributed by atoms with E-state index in [1.165, 1.54) is 42.6 Å². The number of hydrogen-bond donors (Lipinski definition) is 0. The average Bonchev–Trinajstić information content (AvgIpc) is 2.69. The molecule has 0 aliphatic rings. The van der Waals surface area contributed by atoms with Gasteiger partial charge in [-0.25, -0.2) is 14.4 Å². The molecule has 9 heteroatoms. The highest BCUT2D eigenvalue weighted by molar-refractivity contribution is 5.80. The zero-order valence-electron chi connectivity index (χ0n) is 14.0. The molecular formula is C19H10F4N4O. The first kappa shape index (κ1) is 17.8. The second kappa shape index (κ2) is 6.52. The molecule has 0 amide bonds. The molecule has 0 saturated heterocycles. The Kier molecular flexibility index (Phi) is 4.14. The molecule has 0 bridgehead atoms. The van der Waals surface area contributed by atoms with Gasteiger partial charge < -0.3 is 0 Å². The highest BCUT2D eigenvalue weighted by atomic mass is 19.4. The molecule has 140 valence electrons. The fourth-order valence-corrected chi connectivity index (χ4v) is 2.72. The molecular weight excluding hydrogens is 376 g/mol. The van der Waals surface area contributed by atoms with E-state index >= 15 is 0 Å². The first-order valence-electron chi connectivity index (χ1n) is 8.03. The predicted molar refractivity (Wildman–Crippen MR) is 93.3 cm³/mol. The first-order valence-corrected chi connectivity index (χ1v) is 8.03. The Morgan fingerprint density at radius 2 is 1.68 bits per heavy atom. The van der Waals surface area contributed by atoms with E-state index in [0.717, 1.165) is 22.9 Å². The van der Waals surface area contributed by atoms with Crippen molar-refractivity contribution in [2.24, 2.45) is 0 Å². The summed E-state index contributed by atoms with van der Waals surface area (Å²) in [5, 5.41) is 4.33. The van der Waals surface area contributed by atoms with Crippen molar-refractivity contribution < 1.29 is 17.6 Å². The lowest BCUT2D eigenvalue weighted by molar-refractivity contribution is -0.141. The van der Waals surface area contributed by atoms with Crippen LogP contribution in [0.3, 0.4) is 0 Å².